The van der Waals surface area contributed by atoms with Gasteiger partial charge in [-0.05, 0) is 41.0 Å². The Hall–Kier alpha value is -1.19. The number of carbonyl (C=O) groups excluding carboxylic acids is 3. The standard InChI is InChI=1S/C12H20O4/c1-8(13)10(9(2)14)6-7-11(15)16-12(3,4)5/h10H,6-7H2,1-5H3. The van der Waals surface area contributed by atoms with E-state index in [0.717, 1.165) is 0 Å². The van der Waals surface area contributed by atoms with E-state index in [-0.39, 0.29) is 30.4 Å². The third kappa shape index (κ3) is 6.32. The summed E-state index contributed by atoms with van der Waals surface area (Å²) in [5.41, 5.74) is -0.529. The fraction of sp³-hybridized carbons (Fsp3) is 0.750. The van der Waals surface area contributed by atoms with Gasteiger partial charge < -0.3 is 4.74 Å². The van der Waals surface area contributed by atoms with Gasteiger partial charge in [0.2, 0.25) is 0 Å². The number of ketones is 2. The van der Waals surface area contributed by atoms with Crippen LogP contribution in [0.2, 0.25) is 0 Å². The van der Waals surface area contributed by atoms with Gasteiger partial charge in [-0.2, -0.15) is 0 Å². The van der Waals surface area contributed by atoms with Gasteiger partial charge >= 0.3 is 5.97 Å². The van der Waals surface area contributed by atoms with Crippen molar-refractivity contribution in [1.29, 1.82) is 0 Å². The molecule has 0 aliphatic heterocycles. The SMILES string of the molecule is CC(=O)C(CCC(=O)OC(C)(C)C)C(C)=O. The number of hydrogen-bond donors (Lipinski definition) is 0. The third-order valence-electron chi connectivity index (χ3n) is 2.04. The smallest absolute Gasteiger partial charge is 0.306 e. The molecule has 16 heavy (non-hydrogen) atoms. The van der Waals surface area contributed by atoms with Crippen molar-refractivity contribution in [3.8, 4) is 0 Å². The number of rotatable bonds is 5. The second kappa shape index (κ2) is 5.77. The Bertz CT molecular complexity index is 272. The molecule has 0 saturated carbocycles. The average molecular weight is 228 g/mol. The minimum absolute atomic E-state index is 0.0983. The highest BCUT2D eigenvalue weighted by molar-refractivity contribution is 6.00. The summed E-state index contributed by atoms with van der Waals surface area (Å²) >= 11 is 0. The molecular formula is C12H20O4. The molecule has 0 fully saturated rings. The van der Waals surface area contributed by atoms with Gasteiger partial charge in [0.05, 0.1) is 5.92 Å². The maximum absolute atomic E-state index is 11.4. The molecular weight excluding hydrogens is 208 g/mol. The van der Waals surface area contributed by atoms with Crippen LogP contribution in [0, 0.1) is 5.92 Å². The highest BCUT2D eigenvalue weighted by atomic mass is 16.6. The van der Waals surface area contributed by atoms with Gasteiger partial charge in [0.15, 0.2) is 0 Å². The second-order valence-electron chi connectivity index (χ2n) is 4.90. The van der Waals surface area contributed by atoms with E-state index in [1.165, 1.54) is 13.8 Å². The van der Waals surface area contributed by atoms with Gasteiger partial charge in [0, 0.05) is 6.42 Å². The first-order valence-electron chi connectivity index (χ1n) is 5.36. The number of hydrogen-bond acceptors (Lipinski definition) is 4. The van der Waals surface area contributed by atoms with Gasteiger partial charge in [0.25, 0.3) is 0 Å². The molecule has 0 aliphatic rings. The Labute approximate surface area is 96.4 Å². The molecule has 0 atom stereocenters. The molecule has 0 rings (SSSR count). The van der Waals surface area contributed by atoms with Gasteiger partial charge in [0.1, 0.15) is 17.2 Å². The van der Waals surface area contributed by atoms with Crippen molar-refractivity contribution in [2.75, 3.05) is 0 Å². The zero-order valence-electron chi connectivity index (χ0n) is 10.6. The van der Waals surface area contributed by atoms with E-state index in [2.05, 4.69) is 0 Å². The maximum Gasteiger partial charge on any atom is 0.306 e. The number of Topliss-reactive ketones (excluding diaryl/α,β-unsaturated/α-hetero) is 2. The highest BCUT2D eigenvalue weighted by Crippen LogP contribution is 2.13. The minimum Gasteiger partial charge on any atom is -0.460 e. The zero-order valence-corrected chi connectivity index (χ0v) is 10.6. The number of esters is 1. The molecule has 0 amide bonds. The molecule has 0 spiro atoms. The largest absolute Gasteiger partial charge is 0.460 e. The average Bonchev–Trinajstić information content (AvgIpc) is 1.98. The molecule has 0 heterocycles. The highest BCUT2D eigenvalue weighted by Gasteiger charge is 2.22. The summed E-state index contributed by atoms with van der Waals surface area (Å²) in [7, 11) is 0. The predicted octanol–water partition coefficient (Wildman–Crippen LogP) is 1.90. The van der Waals surface area contributed by atoms with Crippen LogP contribution in [0.4, 0.5) is 0 Å². The Morgan fingerprint density at radius 2 is 1.50 bits per heavy atom. The van der Waals surface area contributed by atoms with E-state index in [4.69, 9.17) is 4.74 Å². The molecule has 0 aliphatic carbocycles. The van der Waals surface area contributed by atoms with Crippen LogP contribution in [0.3, 0.4) is 0 Å². The zero-order chi connectivity index (χ0) is 12.9. The Morgan fingerprint density at radius 3 is 1.81 bits per heavy atom. The Morgan fingerprint density at radius 1 is 1.06 bits per heavy atom. The molecule has 0 bridgehead atoms. The summed E-state index contributed by atoms with van der Waals surface area (Å²) in [5, 5.41) is 0. The van der Waals surface area contributed by atoms with E-state index >= 15 is 0 Å². The summed E-state index contributed by atoms with van der Waals surface area (Å²) in [4.78, 5) is 33.6. The quantitative estimate of drug-likeness (QED) is 0.532. The molecule has 4 nitrogen and oxygen atoms in total. The lowest BCUT2D eigenvalue weighted by molar-refractivity contribution is -0.155. The van der Waals surface area contributed by atoms with E-state index in [0.29, 0.717) is 0 Å². The molecule has 0 unspecified atom stereocenters. The van der Waals surface area contributed by atoms with E-state index in [1.54, 1.807) is 20.8 Å². The molecule has 0 saturated heterocycles. The van der Waals surface area contributed by atoms with Crippen molar-refractivity contribution < 1.29 is 19.1 Å². The van der Waals surface area contributed by atoms with Gasteiger partial charge in [-0.1, -0.05) is 0 Å². The third-order valence-corrected chi connectivity index (χ3v) is 2.04. The predicted molar refractivity (Wildman–Crippen MR) is 59.9 cm³/mol. The van der Waals surface area contributed by atoms with Crippen molar-refractivity contribution in [2.45, 2.75) is 53.1 Å². The minimum atomic E-state index is -0.674. The topological polar surface area (TPSA) is 60.4 Å². The molecule has 0 aromatic heterocycles. The number of ether oxygens (including phenoxy) is 1. The normalized spacial score (nSPS) is 11.4. The Kier molecular flexibility index (Phi) is 5.35. The molecule has 92 valence electrons. The fourth-order valence-electron chi connectivity index (χ4n) is 1.35. The molecule has 4 heteroatoms. The summed E-state index contributed by atoms with van der Waals surface area (Å²) in [5.74, 6) is -1.44. The fourth-order valence-corrected chi connectivity index (χ4v) is 1.35. The van der Waals surface area contributed by atoms with Crippen molar-refractivity contribution in [3.63, 3.8) is 0 Å². The molecule has 0 N–H and O–H groups in total. The van der Waals surface area contributed by atoms with Crippen LogP contribution in [0.5, 0.6) is 0 Å². The molecule has 0 aromatic rings. The van der Waals surface area contributed by atoms with E-state index in [9.17, 15) is 14.4 Å². The molecule has 0 radical (unpaired) electrons. The van der Waals surface area contributed by atoms with Crippen LogP contribution in [-0.2, 0) is 19.1 Å². The monoisotopic (exact) mass is 228 g/mol. The van der Waals surface area contributed by atoms with Gasteiger partial charge in [-0.15, -0.1) is 0 Å². The van der Waals surface area contributed by atoms with Crippen LogP contribution in [-0.4, -0.2) is 23.1 Å². The van der Waals surface area contributed by atoms with E-state index < -0.39 is 11.5 Å². The lowest BCUT2D eigenvalue weighted by Crippen LogP contribution is -2.26. The molecule has 0 aromatic carbocycles. The summed E-state index contributed by atoms with van der Waals surface area (Å²) in [6.45, 7) is 8.05. The Balaban J connectivity index is 4.18. The van der Waals surface area contributed by atoms with Crippen LogP contribution in [0.1, 0.15) is 47.5 Å². The van der Waals surface area contributed by atoms with Gasteiger partial charge in [-0.3, -0.25) is 14.4 Å². The van der Waals surface area contributed by atoms with Gasteiger partial charge in [-0.25, -0.2) is 0 Å². The first kappa shape index (κ1) is 14.8. The van der Waals surface area contributed by atoms with Crippen molar-refractivity contribution in [3.05, 3.63) is 0 Å². The summed E-state index contributed by atoms with van der Waals surface area (Å²) < 4.78 is 5.09. The van der Waals surface area contributed by atoms with Crippen LogP contribution < -0.4 is 0 Å². The lowest BCUT2D eigenvalue weighted by atomic mass is 9.95. The first-order chi connectivity index (χ1) is 7.13. The van der Waals surface area contributed by atoms with Crippen molar-refractivity contribution >= 4 is 17.5 Å². The van der Waals surface area contributed by atoms with Crippen LogP contribution in [0.15, 0.2) is 0 Å². The van der Waals surface area contributed by atoms with Crippen LogP contribution in [0.25, 0.3) is 0 Å². The second-order valence-corrected chi connectivity index (χ2v) is 4.90. The summed E-state index contributed by atoms with van der Waals surface area (Å²) in [6.07, 6.45) is 0.334. The summed E-state index contributed by atoms with van der Waals surface area (Å²) in [6, 6.07) is 0. The van der Waals surface area contributed by atoms with Crippen molar-refractivity contribution in [2.24, 2.45) is 5.92 Å². The number of carbonyl (C=O) groups is 3. The van der Waals surface area contributed by atoms with Crippen LogP contribution >= 0.6 is 0 Å². The van der Waals surface area contributed by atoms with E-state index in [1.807, 2.05) is 0 Å². The lowest BCUT2D eigenvalue weighted by Gasteiger charge is -2.20. The first-order valence-corrected chi connectivity index (χ1v) is 5.36. The van der Waals surface area contributed by atoms with Crippen molar-refractivity contribution in [1.82, 2.24) is 0 Å². The maximum atomic E-state index is 11.4.